The van der Waals surface area contributed by atoms with Crippen LogP contribution in [-0.2, 0) is 0 Å². The van der Waals surface area contributed by atoms with Gasteiger partial charge in [0.05, 0.1) is 30.3 Å². The highest BCUT2D eigenvalue weighted by Gasteiger charge is 2.16. The van der Waals surface area contributed by atoms with Gasteiger partial charge in [-0.3, -0.25) is 4.79 Å². The zero-order valence-corrected chi connectivity index (χ0v) is 12.7. The molecular weight excluding hydrogens is 336 g/mol. The highest BCUT2D eigenvalue weighted by Crippen LogP contribution is 2.37. The highest BCUT2D eigenvalue weighted by molar-refractivity contribution is 9.10. The predicted octanol–water partition coefficient (Wildman–Crippen LogP) is 2.69. The summed E-state index contributed by atoms with van der Waals surface area (Å²) in [5.41, 5.74) is 1.92. The Bertz CT molecular complexity index is 664. The maximum atomic E-state index is 12.2. The van der Waals surface area contributed by atoms with E-state index in [4.69, 9.17) is 4.74 Å². The van der Waals surface area contributed by atoms with Crippen LogP contribution in [0.2, 0.25) is 0 Å². The van der Waals surface area contributed by atoms with Crippen LogP contribution in [0.3, 0.4) is 0 Å². The molecule has 0 bridgehead atoms. The number of anilines is 2. The van der Waals surface area contributed by atoms with Gasteiger partial charge in [-0.2, -0.15) is 10.2 Å². The maximum Gasteiger partial charge on any atom is 0.257 e. The number of nitrogens with one attached hydrogen (secondary N) is 2. The minimum Gasteiger partial charge on any atom is -0.491 e. The zero-order chi connectivity index (χ0) is 14.7. The number of nitrogens with zero attached hydrogens (tertiary/aromatic N) is 2. The lowest BCUT2D eigenvalue weighted by molar-refractivity contribution is 0.102. The van der Waals surface area contributed by atoms with Crippen molar-refractivity contribution in [3.05, 3.63) is 40.6 Å². The van der Waals surface area contributed by atoms with Gasteiger partial charge in [0.25, 0.3) is 5.91 Å². The van der Waals surface area contributed by atoms with Crippen molar-refractivity contribution in [3.8, 4) is 5.75 Å². The largest absolute Gasteiger partial charge is 0.491 e. The molecule has 108 valence electrons. The van der Waals surface area contributed by atoms with Gasteiger partial charge >= 0.3 is 0 Å². The summed E-state index contributed by atoms with van der Waals surface area (Å²) in [5, 5.41) is 13.5. The van der Waals surface area contributed by atoms with Gasteiger partial charge in [-0.05, 0) is 24.6 Å². The van der Waals surface area contributed by atoms with E-state index in [1.165, 1.54) is 12.4 Å². The Morgan fingerprint density at radius 2 is 2.29 bits per heavy atom. The van der Waals surface area contributed by atoms with Crippen LogP contribution in [0.5, 0.6) is 5.75 Å². The molecular formula is C14H13BrN4O2. The Hall–Kier alpha value is -2.15. The third kappa shape index (κ3) is 3.13. The van der Waals surface area contributed by atoms with Crippen molar-refractivity contribution in [3.63, 3.8) is 0 Å². The van der Waals surface area contributed by atoms with Crippen molar-refractivity contribution in [1.29, 1.82) is 0 Å². The molecule has 2 N–H and O–H groups in total. The van der Waals surface area contributed by atoms with E-state index in [0.717, 1.165) is 28.9 Å². The standard InChI is InChI=1S/C14H13BrN4O2/c15-10-6-11(13-12(7-10)21-5-1-3-16-13)19-14(20)9-2-4-17-18-8-9/h2,4,6-8,16H,1,3,5H2,(H,19,20). The molecule has 0 fully saturated rings. The van der Waals surface area contributed by atoms with Crippen molar-refractivity contribution < 1.29 is 9.53 Å². The second-order valence-corrected chi connectivity index (χ2v) is 5.46. The molecule has 2 aromatic rings. The van der Waals surface area contributed by atoms with Gasteiger partial charge in [-0.15, -0.1) is 0 Å². The van der Waals surface area contributed by atoms with Crippen molar-refractivity contribution in [2.45, 2.75) is 6.42 Å². The lowest BCUT2D eigenvalue weighted by atomic mass is 10.2. The summed E-state index contributed by atoms with van der Waals surface area (Å²) in [6.07, 6.45) is 3.82. The first-order valence-corrected chi connectivity index (χ1v) is 7.31. The number of benzene rings is 1. The van der Waals surface area contributed by atoms with E-state index in [1.807, 2.05) is 12.1 Å². The van der Waals surface area contributed by atoms with E-state index in [1.54, 1.807) is 6.07 Å². The first kappa shape index (κ1) is 13.8. The summed E-state index contributed by atoms with van der Waals surface area (Å²) in [6, 6.07) is 5.34. The van der Waals surface area contributed by atoms with E-state index in [0.29, 0.717) is 17.9 Å². The van der Waals surface area contributed by atoms with Crippen molar-refractivity contribution in [2.75, 3.05) is 23.8 Å². The lowest BCUT2D eigenvalue weighted by Crippen LogP contribution is -2.14. The average Bonchev–Trinajstić information content (AvgIpc) is 2.73. The Morgan fingerprint density at radius 1 is 1.38 bits per heavy atom. The predicted molar refractivity (Wildman–Crippen MR) is 82.7 cm³/mol. The third-order valence-corrected chi connectivity index (χ3v) is 3.50. The summed E-state index contributed by atoms with van der Waals surface area (Å²) in [7, 11) is 0. The number of rotatable bonds is 2. The number of fused-ring (bicyclic) bond motifs is 1. The molecule has 21 heavy (non-hydrogen) atoms. The molecule has 0 saturated heterocycles. The quantitative estimate of drug-likeness (QED) is 0.872. The number of hydrogen-bond acceptors (Lipinski definition) is 5. The third-order valence-electron chi connectivity index (χ3n) is 3.04. The molecule has 2 heterocycles. The highest BCUT2D eigenvalue weighted by atomic mass is 79.9. The summed E-state index contributed by atoms with van der Waals surface area (Å²) in [6.45, 7) is 1.45. The molecule has 1 amide bonds. The Morgan fingerprint density at radius 3 is 3.10 bits per heavy atom. The second-order valence-electron chi connectivity index (χ2n) is 4.54. The average molecular weight is 349 g/mol. The molecule has 6 nitrogen and oxygen atoms in total. The van der Waals surface area contributed by atoms with E-state index in [2.05, 4.69) is 36.8 Å². The smallest absolute Gasteiger partial charge is 0.257 e. The molecule has 0 aliphatic carbocycles. The van der Waals surface area contributed by atoms with Gasteiger partial charge in [-0.25, -0.2) is 0 Å². The van der Waals surface area contributed by atoms with Crippen molar-refractivity contribution >= 4 is 33.2 Å². The molecule has 0 radical (unpaired) electrons. The summed E-state index contributed by atoms with van der Waals surface area (Å²) in [5.74, 6) is 0.487. The number of carbonyl (C=O) groups is 1. The van der Waals surface area contributed by atoms with Crippen molar-refractivity contribution in [1.82, 2.24) is 10.2 Å². The SMILES string of the molecule is O=C(Nc1cc(Br)cc2c1NCCCO2)c1ccnnc1. The van der Waals surface area contributed by atoms with Crippen LogP contribution in [-0.4, -0.2) is 29.3 Å². The Balaban J connectivity index is 1.91. The van der Waals surface area contributed by atoms with Gasteiger partial charge in [0.1, 0.15) is 11.4 Å². The maximum absolute atomic E-state index is 12.2. The molecule has 1 aromatic carbocycles. The fraction of sp³-hybridized carbons (Fsp3) is 0.214. The Labute approximate surface area is 130 Å². The molecule has 0 unspecified atom stereocenters. The zero-order valence-electron chi connectivity index (χ0n) is 11.1. The van der Waals surface area contributed by atoms with E-state index in [-0.39, 0.29) is 5.91 Å². The normalized spacial score (nSPS) is 13.4. The molecule has 1 aliphatic heterocycles. The Kier molecular flexibility index (Phi) is 4.01. The van der Waals surface area contributed by atoms with Crippen LogP contribution in [0.25, 0.3) is 0 Å². The number of ether oxygens (including phenoxy) is 1. The van der Waals surface area contributed by atoms with Crippen LogP contribution in [0.4, 0.5) is 11.4 Å². The first-order valence-electron chi connectivity index (χ1n) is 6.52. The van der Waals surface area contributed by atoms with Gasteiger partial charge in [0, 0.05) is 11.0 Å². The fourth-order valence-corrected chi connectivity index (χ4v) is 2.50. The summed E-state index contributed by atoms with van der Waals surface area (Å²) >= 11 is 3.43. The topological polar surface area (TPSA) is 76.1 Å². The number of aromatic nitrogens is 2. The molecule has 0 atom stereocenters. The van der Waals surface area contributed by atoms with Gasteiger partial charge in [0.15, 0.2) is 0 Å². The number of hydrogen-bond donors (Lipinski definition) is 2. The monoisotopic (exact) mass is 348 g/mol. The molecule has 0 saturated carbocycles. The van der Waals surface area contributed by atoms with Gasteiger partial charge in [0.2, 0.25) is 0 Å². The van der Waals surface area contributed by atoms with Crippen LogP contribution in [0, 0.1) is 0 Å². The van der Waals surface area contributed by atoms with Crippen LogP contribution >= 0.6 is 15.9 Å². The summed E-state index contributed by atoms with van der Waals surface area (Å²) < 4.78 is 6.53. The lowest BCUT2D eigenvalue weighted by Gasteiger charge is -2.15. The van der Waals surface area contributed by atoms with E-state index < -0.39 is 0 Å². The van der Waals surface area contributed by atoms with Crippen LogP contribution in [0.15, 0.2) is 35.1 Å². The molecule has 0 spiro atoms. The molecule has 1 aromatic heterocycles. The van der Waals surface area contributed by atoms with Gasteiger partial charge < -0.3 is 15.4 Å². The molecule has 7 heteroatoms. The second kappa shape index (κ2) is 6.09. The minimum atomic E-state index is -0.240. The van der Waals surface area contributed by atoms with Crippen LogP contribution < -0.4 is 15.4 Å². The van der Waals surface area contributed by atoms with E-state index >= 15 is 0 Å². The van der Waals surface area contributed by atoms with Crippen molar-refractivity contribution in [2.24, 2.45) is 0 Å². The van der Waals surface area contributed by atoms with Crippen LogP contribution in [0.1, 0.15) is 16.8 Å². The van der Waals surface area contributed by atoms with E-state index in [9.17, 15) is 4.79 Å². The minimum absolute atomic E-state index is 0.240. The number of carbonyl (C=O) groups excluding carboxylic acids is 1. The summed E-state index contributed by atoms with van der Waals surface area (Å²) in [4.78, 5) is 12.2. The fourth-order valence-electron chi connectivity index (χ4n) is 2.06. The molecule has 3 rings (SSSR count). The number of halogens is 1. The number of amides is 1. The van der Waals surface area contributed by atoms with Gasteiger partial charge in [-0.1, -0.05) is 15.9 Å². The first-order chi connectivity index (χ1) is 10.2. The molecule has 1 aliphatic rings.